The van der Waals surface area contributed by atoms with E-state index in [4.69, 9.17) is 9.47 Å². The molecule has 0 saturated carbocycles. The molecule has 0 bridgehead atoms. The van der Waals surface area contributed by atoms with Crippen LogP contribution in [0.4, 0.5) is 0 Å². The van der Waals surface area contributed by atoms with E-state index < -0.39 is 0 Å². The van der Waals surface area contributed by atoms with Crippen LogP contribution in [-0.4, -0.2) is 36.6 Å². The van der Waals surface area contributed by atoms with Crippen molar-refractivity contribution in [3.63, 3.8) is 0 Å². The molecule has 1 aliphatic rings. The van der Waals surface area contributed by atoms with Crippen molar-refractivity contribution in [1.29, 1.82) is 0 Å². The highest BCUT2D eigenvalue weighted by Gasteiger charge is 2.24. The van der Waals surface area contributed by atoms with Gasteiger partial charge in [0.25, 0.3) is 0 Å². The summed E-state index contributed by atoms with van der Waals surface area (Å²) < 4.78 is 11.8. The summed E-state index contributed by atoms with van der Waals surface area (Å²) in [5, 5.41) is 2.35. The van der Waals surface area contributed by atoms with Gasteiger partial charge >= 0.3 is 0 Å². The van der Waals surface area contributed by atoms with Gasteiger partial charge in [0, 0.05) is 6.54 Å². The van der Waals surface area contributed by atoms with E-state index >= 15 is 0 Å². The molecule has 0 aliphatic carbocycles. The zero-order valence-corrected chi connectivity index (χ0v) is 15.4. The zero-order valence-electron chi connectivity index (χ0n) is 15.4. The topological polar surface area (TPSA) is 38.8 Å². The second-order valence-corrected chi connectivity index (χ2v) is 6.79. The maximum atomic E-state index is 12.8. The van der Waals surface area contributed by atoms with E-state index in [0.29, 0.717) is 26.1 Å². The summed E-state index contributed by atoms with van der Waals surface area (Å²) in [5.74, 6) is 1.61. The third kappa shape index (κ3) is 3.90. The van der Waals surface area contributed by atoms with Gasteiger partial charge in [-0.25, -0.2) is 0 Å². The highest BCUT2D eigenvalue weighted by Crippen LogP contribution is 2.31. The lowest BCUT2D eigenvalue weighted by Gasteiger charge is -2.31. The first-order valence-electron chi connectivity index (χ1n) is 9.37. The van der Waals surface area contributed by atoms with Gasteiger partial charge < -0.3 is 14.4 Å². The van der Waals surface area contributed by atoms with Crippen LogP contribution in [0, 0.1) is 0 Å². The van der Waals surface area contributed by atoms with Crippen LogP contribution in [0.3, 0.4) is 0 Å². The summed E-state index contributed by atoms with van der Waals surface area (Å²) in [6, 6.07) is 22.0. The van der Waals surface area contributed by atoms with Crippen LogP contribution in [0.5, 0.6) is 11.5 Å². The van der Waals surface area contributed by atoms with E-state index in [-0.39, 0.29) is 12.0 Å². The number of amides is 1. The Bertz CT molecular complexity index is 953. The Balaban J connectivity index is 1.42. The number of hydrogen-bond acceptors (Lipinski definition) is 3. The molecule has 4 rings (SSSR count). The van der Waals surface area contributed by atoms with Gasteiger partial charge in [0.2, 0.25) is 5.91 Å². The van der Waals surface area contributed by atoms with E-state index in [0.717, 1.165) is 22.4 Å². The number of para-hydroxylation sites is 2. The minimum atomic E-state index is -0.152. The molecule has 0 N–H and O–H groups in total. The molecular weight excluding hydrogens is 338 g/mol. The molecule has 1 unspecified atom stereocenters. The third-order valence-electron chi connectivity index (χ3n) is 4.90. The molecule has 1 atom stereocenters. The normalized spacial score (nSPS) is 15.5. The quantitative estimate of drug-likeness (QED) is 0.688. The van der Waals surface area contributed by atoms with Crippen molar-refractivity contribution in [2.45, 2.75) is 19.4 Å². The Kier molecular flexibility index (Phi) is 4.97. The molecule has 0 spiro atoms. The smallest absolute Gasteiger partial charge is 0.227 e. The summed E-state index contributed by atoms with van der Waals surface area (Å²) in [6.45, 7) is 3.62. The monoisotopic (exact) mass is 361 g/mol. The summed E-state index contributed by atoms with van der Waals surface area (Å²) in [6.07, 6.45) is 0.239. The largest absolute Gasteiger partial charge is 0.486 e. The van der Waals surface area contributed by atoms with E-state index in [1.807, 2.05) is 54.3 Å². The first-order valence-corrected chi connectivity index (χ1v) is 9.37. The van der Waals surface area contributed by atoms with E-state index in [9.17, 15) is 4.79 Å². The summed E-state index contributed by atoms with van der Waals surface area (Å²) in [7, 11) is 0. The molecule has 3 aromatic rings. The van der Waals surface area contributed by atoms with Crippen LogP contribution in [-0.2, 0) is 11.2 Å². The molecule has 0 radical (unpaired) electrons. The summed E-state index contributed by atoms with van der Waals surface area (Å²) >= 11 is 0. The minimum Gasteiger partial charge on any atom is -0.486 e. The molecule has 1 amide bonds. The number of likely N-dealkylation sites (N-methyl/N-ethyl adjacent to an activating group) is 1. The van der Waals surface area contributed by atoms with Crippen LogP contribution >= 0.6 is 0 Å². The Morgan fingerprint density at radius 2 is 1.74 bits per heavy atom. The van der Waals surface area contributed by atoms with E-state index in [1.54, 1.807) is 0 Å². The molecule has 1 heterocycles. The summed E-state index contributed by atoms with van der Waals surface area (Å²) in [5.41, 5.74) is 1.03. The number of fused-ring (bicyclic) bond motifs is 2. The standard InChI is InChI=1S/C23H23NO3/c1-2-24(15-20-16-26-21-9-5-6-10-22(21)27-20)23(25)14-17-11-12-18-7-3-4-8-19(18)13-17/h3-13,20H,2,14-16H2,1H3. The molecular formula is C23H23NO3. The van der Waals surface area contributed by atoms with Gasteiger partial charge in [-0.3, -0.25) is 4.79 Å². The Morgan fingerprint density at radius 3 is 2.56 bits per heavy atom. The number of carbonyl (C=O) groups is 1. The van der Waals surface area contributed by atoms with Crippen molar-refractivity contribution >= 4 is 16.7 Å². The van der Waals surface area contributed by atoms with Crippen molar-refractivity contribution in [2.24, 2.45) is 0 Å². The number of hydrogen-bond donors (Lipinski definition) is 0. The fourth-order valence-electron chi connectivity index (χ4n) is 3.44. The Labute approximate surface area is 159 Å². The highest BCUT2D eigenvalue weighted by atomic mass is 16.6. The van der Waals surface area contributed by atoms with Gasteiger partial charge in [-0.2, -0.15) is 0 Å². The van der Waals surface area contributed by atoms with Crippen LogP contribution < -0.4 is 9.47 Å². The molecule has 1 aliphatic heterocycles. The predicted octanol–water partition coefficient (Wildman–Crippen LogP) is 4.07. The number of benzene rings is 3. The van der Waals surface area contributed by atoms with Gasteiger partial charge in [0.1, 0.15) is 6.61 Å². The lowest BCUT2D eigenvalue weighted by atomic mass is 10.0. The van der Waals surface area contributed by atoms with Crippen LogP contribution in [0.15, 0.2) is 66.7 Å². The minimum absolute atomic E-state index is 0.107. The Hall–Kier alpha value is -3.01. The fourth-order valence-corrected chi connectivity index (χ4v) is 3.44. The SMILES string of the molecule is CCN(CC1COc2ccccc2O1)C(=O)Cc1ccc2ccccc2c1. The van der Waals surface area contributed by atoms with Gasteiger partial charge in [-0.1, -0.05) is 54.6 Å². The number of ether oxygens (including phenoxy) is 2. The first kappa shape index (κ1) is 17.4. The van der Waals surface area contributed by atoms with E-state index in [2.05, 4.69) is 24.3 Å². The molecule has 4 nitrogen and oxygen atoms in total. The molecule has 0 fully saturated rings. The van der Waals surface area contributed by atoms with Crippen LogP contribution in [0.25, 0.3) is 10.8 Å². The van der Waals surface area contributed by atoms with Crippen LogP contribution in [0.1, 0.15) is 12.5 Å². The molecule has 138 valence electrons. The number of carbonyl (C=O) groups excluding carboxylic acids is 1. The number of rotatable bonds is 5. The lowest BCUT2D eigenvalue weighted by molar-refractivity contribution is -0.131. The second kappa shape index (κ2) is 7.70. The number of nitrogens with zero attached hydrogens (tertiary/aromatic N) is 1. The van der Waals surface area contributed by atoms with E-state index in [1.165, 1.54) is 5.39 Å². The van der Waals surface area contributed by atoms with Gasteiger partial charge in [-0.05, 0) is 35.4 Å². The molecule has 0 aromatic heterocycles. The third-order valence-corrected chi connectivity index (χ3v) is 4.90. The Morgan fingerprint density at radius 1 is 1.00 bits per heavy atom. The van der Waals surface area contributed by atoms with Gasteiger partial charge in [0.15, 0.2) is 17.6 Å². The highest BCUT2D eigenvalue weighted by molar-refractivity contribution is 5.85. The van der Waals surface area contributed by atoms with Crippen molar-refractivity contribution < 1.29 is 14.3 Å². The maximum Gasteiger partial charge on any atom is 0.227 e. The van der Waals surface area contributed by atoms with Crippen molar-refractivity contribution in [3.8, 4) is 11.5 Å². The average Bonchev–Trinajstić information content (AvgIpc) is 2.71. The lowest BCUT2D eigenvalue weighted by Crippen LogP contribution is -2.44. The second-order valence-electron chi connectivity index (χ2n) is 6.79. The maximum absolute atomic E-state index is 12.8. The van der Waals surface area contributed by atoms with Crippen molar-refractivity contribution in [3.05, 3.63) is 72.3 Å². The van der Waals surface area contributed by atoms with Gasteiger partial charge in [0.05, 0.1) is 13.0 Å². The molecule has 3 aromatic carbocycles. The molecule has 27 heavy (non-hydrogen) atoms. The van der Waals surface area contributed by atoms with Crippen LogP contribution in [0.2, 0.25) is 0 Å². The average molecular weight is 361 g/mol. The molecule has 0 saturated heterocycles. The summed E-state index contributed by atoms with van der Waals surface area (Å²) in [4.78, 5) is 14.7. The van der Waals surface area contributed by atoms with Gasteiger partial charge in [-0.15, -0.1) is 0 Å². The molecule has 4 heteroatoms. The van der Waals surface area contributed by atoms with Crippen molar-refractivity contribution in [2.75, 3.05) is 19.7 Å². The fraction of sp³-hybridized carbons (Fsp3) is 0.261. The predicted molar refractivity (Wildman–Crippen MR) is 106 cm³/mol. The first-order chi connectivity index (χ1) is 13.2. The zero-order chi connectivity index (χ0) is 18.6. The van der Waals surface area contributed by atoms with Crippen molar-refractivity contribution in [1.82, 2.24) is 4.90 Å².